The number of carbonyl (C=O) groups excluding carboxylic acids is 2. The summed E-state index contributed by atoms with van der Waals surface area (Å²) >= 11 is 24.3. The van der Waals surface area contributed by atoms with Crippen LogP contribution in [0.3, 0.4) is 0 Å². The lowest BCUT2D eigenvalue weighted by atomic mass is 10.1. The highest BCUT2D eigenvalue weighted by atomic mass is 35.5. The molecule has 2 aromatic carbocycles. The van der Waals surface area contributed by atoms with Crippen molar-refractivity contribution in [1.82, 2.24) is 10.2 Å². The van der Waals surface area contributed by atoms with Crippen molar-refractivity contribution in [1.29, 1.82) is 0 Å². The Bertz CT molecular complexity index is 889. The minimum atomic E-state index is -0.677. The van der Waals surface area contributed by atoms with E-state index in [1.165, 1.54) is 4.90 Å². The van der Waals surface area contributed by atoms with E-state index >= 15 is 0 Å². The largest absolute Gasteiger partial charge is 0.354 e. The van der Waals surface area contributed by atoms with Crippen LogP contribution in [0.4, 0.5) is 0 Å². The number of amides is 2. The summed E-state index contributed by atoms with van der Waals surface area (Å²) in [6.45, 7) is 4.38. The second-order valence-electron chi connectivity index (χ2n) is 6.65. The number of nitrogens with zero attached hydrogens (tertiary/aromatic N) is 1. The van der Waals surface area contributed by atoms with Crippen LogP contribution in [0.15, 0.2) is 36.4 Å². The Hall–Kier alpha value is -1.46. The SMILES string of the molecule is CCCNC(=O)[C@@H](C)N(Cc1ccc(Cl)cc1Cl)C(=O)Cc1ccc(Cl)c(Cl)c1. The summed E-state index contributed by atoms with van der Waals surface area (Å²) in [5.74, 6) is -0.451. The molecule has 2 aromatic rings. The molecule has 0 radical (unpaired) electrons. The van der Waals surface area contributed by atoms with Crippen LogP contribution in [-0.4, -0.2) is 29.3 Å². The molecule has 1 N–H and O–H groups in total. The van der Waals surface area contributed by atoms with Crippen molar-refractivity contribution in [2.45, 2.75) is 39.3 Å². The van der Waals surface area contributed by atoms with Gasteiger partial charge in [-0.3, -0.25) is 9.59 Å². The van der Waals surface area contributed by atoms with Crippen LogP contribution >= 0.6 is 46.4 Å². The van der Waals surface area contributed by atoms with Gasteiger partial charge in [-0.25, -0.2) is 0 Å². The van der Waals surface area contributed by atoms with Crippen LogP contribution in [0.25, 0.3) is 0 Å². The van der Waals surface area contributed by atoms with Gasteiger partial charge in [-0.1, -0.05) is 65.5 Å². The van der Waals surface area contributed by atoms with E-state index in [1.54, 1.807) is 43.3 Å². The second kappa shape index (κ2) is 11.1. The number of nitrogens with one attached hydrogen (secondary N) is 1. The highest BCUT2D eigenvalue weighted by Gasteiger charge is 2.26. The molecule has 0 bridgehead atoms. The molecule has 2 amide bonds. The highest BCUT2D eigenvalue weighted by molar-refractivity contribution is 6.42. The summed E-state index contributed by atoms with van der Waals surface area (Å²) < 4.78 is 0. The smallest absolute Gasteiger partial charge is 0.242 e. The minimum absolute atomic E-state index is 0.0769. The van der Waals surface area contributed by atoms with Gasteiger partial charge in [-0.2, -0.15) is 0 Å². The third-order valence-electron chi connectivity index (χ3n) is 4.41. The Morgan fingerprint density at radius 2 is 1.72 bits per heavy atom. The predicted molar refractivity (Wildman–Crippen MR) is 120 cm³/mol. The zero-order chi connectivity index (χ0) is 21.6. The molecule has 0 saturated heterocycles. The van der Waals surface area contributed by atoms with E-state index in [4.69, 9.17) is 46.4 Å². The predicted octanol–water partition coefficient (Wildman–Crippen LogP) is 5.79. The third kappa shape index (κ3) is 6.78. The minimum Gasteiger partial charge on any atom is -0.354 e. The van der Waals surface area contributed by atoms with Crippen molar-refractivity contribution >= 4 is 58.2 Å². The summed E-state index contributed by atoms with van der Waals surface area (Å²) in [4.78, 5) is 27.1. The fourth-order valence-corrected chi connectivity index (χ4v) is 3.53. The summed E-state index contributed by atoms with van der Waals surface area (Å²) in [6.07, 6.45) is 0.881. The molecule has 4 nitrogen and oxygen atoms in total. The van der Waals surface area contributed by atoms with Gasteiger partial charge < -0.3 is 10.2 Å². The summed E-state index contributed by atoms with van der Waals surface area (Å²) in [5.41, 5.74) is 1.41. The van der Waals surface area contributed by atoms with Crippen molar-refractivity contribution in [3.8, 4) is 0 Å². The fourth-order valence-electron chi connectivity index (χ4n) is 2.74. The van der Waals surface area contributed by atoms with Crippen molar-refractivity contribution in [2.75, 3.05) is 6.54 Å². The summed E-state index contributed by atoms with van der Waals surface area (Å²) in [7, 11) is 0. The van der Waals surface area contributed by atoms with E-state index in [-0.39, 0.29) is 24.8 Å². The first-order valence-corrected chi connectivity index (χ1v) is 10.7. The van der Waals surface area contributed by atoms with Crippen LogP contribution in [0, 0.1) is 0 Å². The van der Waals surface area contributed by atoms with Crippen molar-refractivity contribution in [3.63, 3.8) is 0 Å². The molecule has 0 saturated carbocycles. The molecule has 29 heavy (non-hydrogen) atoms. The standard InChI is InChI=1S/C21H22Cl4N2O2/c1-3-8-26-21(29)13(2)27(12-15-5-6-16(22)11-18(15)24)20(28)10-14-4-7-17(23)19(25)9-14/h4-7,9,11,13H,3,8,10,12H2,1-2H3,(H,26,29)/t13-/m1/s1. The van der Waals surface area contributed by atoms with Gasteiger partial charge in [-0.05, 0) is 48.7 Å². The number of halogens is 4. The van der Waals surface area contributed by atoms with Gasteiger partial charge >= 0.3 is 0 Å². The zero-order valence-corrected chi connectivity index (χ0v) is 19.2. The Morgan fingerprint density at radius 3 is 2.34 bits per heavy atom. The van der Waals surface area contributed by atoms with E-state index < -0.39 is 6.04 Å². The maximum absolute atomic E-state index is 13.1. The Balaban J connectivity index is 2.27. The lowest BCUT2D eigenvalue weighted by Gasteiger charge is -2.29. The first-order valence-electron chi connectivity index (χ1n) is 9.18. The average Bonchev–Trinajstić information content (AvgIpc) is 2.67. The number of hydrogen-bond acceptors (Lipinski definition) is 2. The monoisotopic (exact) mass is 474 g/mol. The molecule has 0 aliphatic rings. The highest BCUT2D eigenvalue weighted by Crippen LogP contribution is 2.25. The van der Waals surface area contributed by atoms with Crippen LogP contribution < -0.4 is 5.32 Å². The molecular formula is C21H22Cl4N2O2. The van der Waals surface area contributed by atoms with Crippen molar-refractivity contribution < 1.29 is 9.59 Å². The van der Waals surface area contributed by atoms with Crippen molar-refractivity contribution in [3.05, 3.63) is 67.6 Å². The quantitative estimate of drug-likeness (QED) is 0.525. The van der Waals surface area contributed by atoms with Gasteiger partial charge in [0.2, 0.25) is 11.8 Å². The topological polar surface area (TPSA) is 49.4 Å². The molecule has 0 aromatic heterocycles. The van der Waals surface area contributed by atoms with Gasteiger partial charge in [0, 0.05) is 23.1 Å². The van der Waals surface area contributed by atoms with E-state index in [0.717, 1.165) is 6.42 Å². The van der Waals surface area contributed by atoms with Gasteiger partial charge in [0.15, 0.2) is 0 Å². The maximum atomic E-state index is 13.1. The molecule has 0 fully saturated rings. The van der Waals surface area contributed by atoms with E-state index in [9.17, 15) is 9.59 Å². The number of carbonyl (C=O) groups is 2. The lowest BCUT2D eigenvalue weighted by molar-refractivity contribution is -0.140. The Labute approximate surface area is 191 Å². The fraction of sp³-hybridized carbons (Fsp3) is 0.333. The molecule has 2 rings (SSSR count). The molecule has 0 spiro atoms. The molecule has 0 aliphatic carbocycles. The average molecular weight is 476 g/mol. The second-order valence-corrected chi connectivity index (χ2v) is 8.31. The maximum Gasteiger partial charge on any atom is 0.242 e. The van der Waals surface area contributed by atoms with Crippen LogP contribution in [0.5, 0.6) is 0 Å². The van der Waals surface area contributed by atoms with E-state index in [0.29, 0.717) is 37.8 Å². The van der Waals surface area contributed by atoms with E-state index in [1.807, 2.05) is 6.92 Å². The van der Waals surface area contributed by atoms with Crippen LogP contribution in [0.2, 0.25) is 20.1 Å². The zero-order valence-electron chi connectivity index (χ0n) is 16.1. The summed E-state index contributed by atoms with van der Waals surface area (Å²) in [6, 6.07) is 9.42. The molecule has 8 heteroatoms. The molecule has 0 unspecified atom stereocenters. The van der Waals surface area contributed by atoms with Gasteiger partial charge in [0.25, 0.3) is 0 Å². The molecule has 0 heterocycles. The number of rotatable bonds is 8. The van der Waals surface area contributed by atoms with Crippen LogP contribution in [0.1, 0.15) is 31.4 Å². The summed E-state index contributed by atoms with van der Waals surface area (Å²) in [5, 5.41) is 4.56. The van der Waals surface area contributed by atoms with Crippen LogP contribution in [-0.2, 0) is 22.6 Å². The van der Waals surface area contributed by atoms with Gasteiger partial charge in [0.1, 0.15) is 6.04 Å². The molecule has 156 valence electrons. The van der Waals surface area contributed by atoms with Crippen molar-refractivity contribution in [2.24, 2.45) is 0 Å². The Morgan fingerprint density at radius 1 is 1.00 bits per heavy atom. The molecular weight excluding hydrogens is 454 g/mol. The Kier molecular flexibility index (Phi) is 9.09. The first-order chi connectivity index (χ1) is 13.7. The lowest BCUT2D eigenvalue weighted by Crippen LogP contribution is -2.48. The van der Waals surface area contributed by atoms with Gasteiger partial charge in [-0.15, -0.1) is 0 Å². The van der Waals surface area contributed by atoms with Gasteiger partial charge in [0.05, 0.1) is 16.5 Å². The molecule has 1 atom stereocenters. The molecule has 0 aliphatic heterocycles. The first kappa shape index (κ1) is 23.8. The van der Waals surface area contributed by atoms with E-state index in [2.05, 4.69) is 5.32 Å². The number of hydrogen-bond donors (Lipinski definition) is 1. The normalized spacial score (nSPS) is 11.8. The number of benzene rings is 2. The third-order valence-corrected chi connectivity index (χ3v) is 5.74.